The van der Waals surface area contributed by atoms with Gasteiger partial charge < -0.3 is 11.1 Å². The highest BCUT2D eigenvalue weighted by molar-refractivity contribution is 7.99. The Kier molecular flexibility index (Phi) is 5.60. The standard InChI is InChI=1S/C11H16N4OS/c1-3-5-17-6-4-13-11(16)10(12)9-7-14-15(2)8-9/h1,7-8,10H,4-6,12H2,2H3,(H,13,16). The van der Waals surface area contributed by atoms with Crippen LogP contribution in [0.1, 0.15) is 11.6 Å². The van der Waals surface area contributed by atoms with Crippen molar-refractivity contribution in [3.8, 4) is 12.3 Å². The third-order valence-electron chi connectivity index (χ3n) is 2.10. The van der Waals surface area contributed by atoms with Crippen molar-refractivity contribution in [2.24, 2.45) is 12.8 Å². The minimum Gasteiger partial charge on any atom is -0.354 e. The van der Waals surface area contributed by atoms with Crippen molar-refractivity contribution in [3.63, 3.8) is 0 Å². The fraction of sp³-hybridized carbons (Fsp3) is 0.455. The molecule has 1 aromatic rings. The Hall–Kier alpha value is -1.45. The number of nitrogens with two attached hydrogens (primary N) is 1. The molecular weight excluding hydrogens is 236 g/mol. The lowest BCUT2D eigenvalue weighted by Gasteiger charge is -2.09. The summed E-state index contributed by atoms with van der Waals surface area (Å²) in [7, 11) is 1.78. The van der Waals surface area contributed by atoms with Crippen molar-refractivity contribution in [1.82, 2.24) is 15.1 Å². The first-order chi connectivity index (χ1) is 8.15. The average Bonchev–Trinajstić information content (AvgIpc) is 2.74. The summed E-state index contributed by atoms with van der Waals surface area (Å²) in [4.78, 5) is 11.7. The second kappa shape index (κ2) is 6.99. The van der Waals surface area contributed by atoms with Crippen LogP contribution in [0.4, 0.5) is 0 Å². The number of carbonyl (C=O) groups excluding carboxylic acids is 1. The van der Waals surface area contributed by atoms with Gasteiger partial charge in [-0.2, -0.15) is 5.10 Å². The summed E-state index contributed by atoms with van der Waals surface area (Å²) in [5.41, 5.74) is 6.50. The first-order valence-corrected chi connectivity index (χ1v) is 6.33. The van der Waals surface area contributed by atoms with Gasteiger partial charge in [0, 0.05) is 31.1 Å². The molecule has 1 rings (SSSR count). The smallest absolute Gasteiger partial charge is 0.241 e. The third-order valence-corrected chi connectivity index (χ3v) is 2.96. The predicted octanol–water partition coefficient (Wildman–Crippen LogP) is -0.0975. The van der Waals surface area contributed by atoms with Gasteiger partial charge in [-0.25, -0.2) is 0 Å². The van der Waals surface area contributed by atoms with Gasteiger partial charge in [0.05, 0.1) is 11.9 Å². The Labute approximate surface area is 105 Å². The van der Waals surface area contributed by atoms with Crippen LogP contribution in [0.2, 0.25) is 0 Å². The summed E-state index contributed by atoms with van der Waals surface area (Å²) >= 11 is 1.60. The van der Waals surface area contributed by atoms with E-state index in [2.05, 4.69) is 16.3 Å². The molecule has 0 radical (unpaired) electrons. The Morgan fingerprint density at radius 1 is 1.82 bits per heavy atom. The van der Waals surface area contributed by atoms with Crippen LogP contribution in [0, 0.1) is 12.3 Å². The summed E-state index contributed by atoms with van der Waals surface area (Å²) in [5.74, 6) is 3.77. The van der Waals surface area contributed by atoms with Crippen LogP contribution < -0.4 is 11.1 Å². The molecule has 92 valence electrons. The van der Waals surface area contributed by atoms with Crippen molar-refractivity contribution in [3.05, 3.63) is 18.0 Å². The number of hydrogen-bond donors (Lipinski definition) is 2. The Balaban J connectivity index is 2.30. The normalized spacial score (nSPS) is 11.8. The van der Waals surface area contributed by atoms with E-state index >= 15 is 0 Å². The maximum atomic E-state index is 11.7. The minimum absolute atomic E-state index is 0.195. The molecule has 0 saturated carbocycles. The molecule has 1 amide bonds. The van der Waals surface area contributed by atoms with Gasteiger partial charge in [-0.05, 0) is 0 Å². The number of thioether (sulfide) groups is 1. The van der Waals surface area contributed by atoms with E-state index in [9.17, 15) is 4.79 Å². The summed E-state index contributed by atoms with van der Waals surface area (Å²) in [5, 5.41) is 6.73. The summed E-state index contributed by atoms with van der Waals surface area (Å²) < 4.78 is 1.62. The average molecular weight is 252 g/mol. The van der Waals surface area contributed by atoms with Gasteiger partial charge in [0.1, 0.15) is 6.04 Å². The van der Waals surface area contributed by atoms with Crippen LogP contribution in [0.25, 0.3) is 0 Å². The molecule has 5 nitrogen and oxygen atoms in total. The van der Waals surface area contributed by atoms with E-state index in [1.54, 1.807) is 35.9 Å². The van der Waals surface area contributed by atoms with Gasteiger partial charge in [-0.1, -0.05) is 5.92 Å². The van der Waals surface area contributed by atoms with E-state index in [0.29, 0.717) is 17.9 Å². The highest BCUT2D eigenvalue weighted by Crippen LogP contribution is 2.08. The van der Waals surface area contributed by atoms with Gasteiger partial charge in [0.25, 0.3) is 0 Å². The largest absolute Gasteiger partial charge is 0.354 e. The molecule has 0 bridgehead atoms. The number of nitrogens with one attached hydrogen (secondary N) is 1. The van der Waals surface area contributed by atoms with E-state index in [0.717, 1.165) is 5.75 Å². The molecule has 1 aromatic heterocycles. The van der Waals surface area contributed by atoms with Crippen molar-refractivity contribution in [1.29, 1.82) is 0 Å². The third kappa shape index (κ3) is 4.51. The van der Waals surface area contributed by atoms with E-state index in [1.807, 2.05) is 0 Å². The fourth-order valence-corrected chi connectivity index (χ4v) is 1.75. The fourth-order valence-electron chi connectivity index (χ4n) is 1.24. The quantitative estimate of drug-likeness (QED) is 0.548. The van der Waals surface area contributed by atoms with Gasteiger partial charge in [0.2, 0.25) is 5.91 Å². The van der Waals surface area contributed by atoms with Gasteiger partial charge in [-0.3, -0.25) is 9.48 Å². The van der Waals surface area contributed by atoms with E-state index < -0.39 is 6.04 Å². The number of terminal acetylenes is 1. The van der Waals surface area contributed by atoms with Crippen LogP contribution in [0.15, 0.2) is 12.4 Å². The SMILES string of the molecule is C#CCSCCNC(=O)C(N)c1cnn(C)c1. The monoisotopic (exact) mass is 252 g/mol. The predicted molar refractivity (Wildman–Crippen MR) is 69.3 cm³/mol. The van der Waals surface area contributed by atoms with Gasteiger partial charge >= 0.3 is 0 Å². The number of rotatable bonds is 6. The number of amides is 1. The molecule has 0 aliphatic rings. The first kappa shape index (κ1) is 13.6. The minimum atomic E-state index is -0.665. The molecule has 3 N–H and O–H groups in total. The lowest BCUT2D eigenvalue weighted by Crippen LogP contribution is -2.35. The maximum Gasteiger partial charge on any atom is 0.241 e. The number of carbonyl (C=O) groups is 1. The Morgan fingerprint density at radius 2 is 2.59 bits per heavy atom. The topological polar surface area (TPSA) is 72.9 Å². The van der Waals surface area contributed by atoms with Crippen LogP contribution in [-0.4, -0.2) is 33.7 Å². The van der Waals surface area contributed by atoms with Crippen molar-refractivity contribution >= 4 is 17.7 Å². The molecule has 1 unspecified atom stereocenters. The molecule has 0 spiro atoms. The summed E-state index contributed by atoms with van der Waals surface area (Å²) in [6.45, 7) is 0.569. The molecule has 1 atom stereocenters. The molecule has 0 fully saturated rings. The Morgan fingerprint density at radius 3 is 3.18 bits per heavy atom. The first-order valence-electron chi connectivity index (χ1n) is 5.18. The zero-order valence-electron chi connectivity index (χ0n) is 9.72. The number of nitrogens with zero attached hydrogens (tertiary/aromatic N) is 2. The molecule has 17 heavy (non-hydrogen) atoms. The zero-order valence-corrected chi connectivity index (χ0v) is 10.5. The van der Waals surface area contributed by atoms with Gasteiger partial charge in [0.15, 0.2) is 0 Å². The Bertz CT molecular complexity index is 410. The molecule has 0 aliphatic carbocycles. The molecule has 0 saturated heterocycles. The molecule has 1 heterocycles. The maximum absolute atomic E-state index is 11.7. The molecule has 0 aliphatic heterocycles. The van der Waals surface area contributed by atoms with Crippen LogP contribution in [0.5, 0.6) is 0 Å². The number of aryl methyl sites for hydroxylation is 1. The lowest BCUT2D eigenvalue weighted by atomic mass is 10.1. The highest BCUT2D eigenvalue weighted by Gasteiger charge is 2.16. The molecule has 0 aromatic carbocycles. The van der Waals surface area contributed by atoms with Crippen molar-refractivity contribution in [2.45, 2.75) is 6.04 Å². The van der Waals surface area contributed by atoms with Crippen molar-refractivity contribution < 1.29 is 4.79 Å². The second-order valence-corrected chi connectivity index (χ2v) is 4.58. The van der Waals surface area contributed by atoms with Crippen molar-refractivity contribution in [2.75, 3.05) is 18.1 Å². The highest BCUT2D eigenvalue weighted by atomic mass is 32.2. The molecular formula is C11H16N4OS. The van der Waals surface area contributed by atoms with Crippen LogP contribution in [0.3, 0.4) is 0 Å². The lowest BCUT2D eigenvalue weighted by molar-refractivity contribution is -0.122. The van der Waals surface area contributed by atoms with E-state index in [1.165, 1.54) is 0 Å². The second-order valence-electron chi connectivity index (χ2n) is 3.47. The van der Waals surface area contributed by atoms with Gasteiger partial charge in [-0.15, -0.1) is 18.2 Å². The summed E-state index contributed by atoms with van der Waals surface area (Å²) in [6, 6.07) is -0.665. The zero-order chi connectivity index (χ0) is 12.7. The number of hydrogen-bond acceptors (Lipinski definition) is 4. The van der Waals surface area contributed by atoms with E-state index in [4.69, 9.17) is 12.2 Å². The number of aromatic nitrogens is 2. The molecule has 6 heteroatoms. The summed E-state index contributed by atoms with van der Waals surface area (Å²) in [6.07, 6.45) is 8.44. The van der Waals surface area contributed by atoms with Crippen LogP contribution >= 0.6 is 11.8 Å². The van der Waals surface area contributed by atoms with Crippen LogP contribution in [-0.2, 0) is 11.8 Å². The van der Waals surface area contributed by atoms with E-state index in [-0.39, 0.29) is 5.91 Å².